The quantitative estimate of drug-likeness (QED) is 0.621. The number of anilines is 1. The molecular formula is C10H7ClN2O4. The molecule has 17 heavy (non-hydrogen) atoms. The van der Waals surface area contributed by atoms with E-state index in [2.05, 4.69) is 4.98 Å². The molecule has 88 valence electrons. The molecule has 7 heteroatoms. The van der Waals surface area contributed by atoms with Gasteiger partial charge < -0.3 is 5.11 Å². The van der Waals surface area contributed by atoms with Crippen LogP contribution < -0.4 is 4.90 Å². The standard InChI is InChI=1S/C10H7ClN2O4/c11-7-2-1-6(10(16)17)9(12-7)13-4-5(14)3-8(13)15/h1-2H,3-4H2,(H,16,17). The molecule has 2 heterocycles. The van der Waals surface area contributed by atoms with Crippen molar-refractivity contribution in [3.63, 3.8) is 0 Å². The van der Waals surface area contributed by atoms with Crippen LogP contribution in [0.2, 0.25) is 5.15 Å². The second kappa shape index (κ2) is 4.14. The molecule has 1 aromatic rings. The minimum absolute atomic E-state index is 0.0668. The lowest BCUT2D eigenvalue weighted by atomic mass is 10.2. The highest BCUT2D eigenvalue weighted by Gasteiger charge is 2.32. The van der Waals surface area contributed by atoms with Gasteiger partial charge in [-0.2, -0.15) is 0 Å². The molecule has 0 radical (unpaired) electrons. The number of hydrogen-bond donors (Lipinski definition) is 1. The average molecular weight is 255 g/mol. The summed E-state index contributed by atoms with van der Waals surface area (Å²) in [4.78, 5) is 38.4. The van der Waals surface area contributed by atoms with Crippen LogP contribution >= 0.6 is 11.6 Å². The van der Waals surface area contributed by atoms with Crippen LogP contribution in [0.3, 0.4) is 0 Å². The Kier molecular flexibility index (Phi) is 2.81. The van der Waals surface area contributed by atoms with Crippen molar-refractivity contribution in [3.05, 3.63) is 22.8 Å². The van der Waals surface area contributed by atoms with E-state index in [0.717, 1.165) is 4.90 Å². The molecule has 0 aliphatic carbocycles. The van der Waals surface area contributed by atoms with Gasteiger partial charge in [-0.25, -0.2) is 9.78 Å². The third kappa shape index (κ3) is 2.12. The Hall–Kier alpha value is -1.95. The Bertz CT molecular complexity index is 529. The summed E-state index contributed by atoms with van der Waals surface area (Å²) in [5, 5.41) is 9.03. The van der Waals surface area contributed by atoms with E-state index in [1.165, 1.54) is 12.1 Å². The number of carboxylic acids is 1. The van der Waals surface area contributed by atoms with Crippen LogP contribution in [0.25, 0.3) is 0 Å². The van der Waals surface area contributed by atoms with Crippen molar-refractivity contribution < 1.29 is 19.5 Å². The smallest absolute Gasteiger partial charge is 0.339 e. The molecule has 6 nitrogen and oxygen atoms in total. The summed E-state index contributed by atoms with van der Waals surface area (Å²) in [7, 11) is 0. The van der Waals surface area contributed by atoms with Crippen molar-refractivity contribution in [1.29, 1.82) is 0 Å². The molecule has 1 aliphatic rings. The molecule has 0 spiro atoms. The van der Waals surface area contributed by atoms with Gasteiger partial charge >= 0.3 is 5.97 Å². The summed E-state index contributed by atoms with van der Waals surface area (Å²) in [6.45, 7) is -0.160. The van der Waals surface area contributed by atoms with Crippen molar-refractivity contribution in [2.75, 3.05) is 11.4 Å². The molecule has 1 saturated heterocycles. The molecule has 1 N–H and O–H groups in total. The normalized spacial score (nSPS) is 15.5. The maximum atomic E-state index is 11.5. The first-order valence-electron chi connectivity index (χ1n) is 4.71. The van der Waals surface area contributed by atoms with Gasteiger partial charge in [-0.3, -0.25) is 14.5 Å². The van der Waals surface area contributed by atoms with Crippen LogP contribution in [0.1, 0.15) is 16.8 Å². The summed E-state index contributed by atoms with van der Waals surface area (Å²) in [6, 6.07) is 2.57. The first-order valence-corrected chi connectivity index (χ1v) is 5.08. The zero-order valence-electron chi connectivity index (χ0n) is 8.51. The molecule has 1 aliphatic heterocycles. The number of ketones is 1. The molecule has 1 fully saturated rings. The van der Waals surface area contributed by atoms with Crippen LogP contribution in [0.4, 0.5) is 5.82 Å². The monoisotopic (exact) mass is 254 g/mol. The van der Waals surface area contributed by atoms with Gasteiger partial charge in [0, 0.05) is 0 Å². The van der Waals surface area contributed by atoms with Gasteiger partial charge in [0.1, 0.15) is 10.7 Å². The van der Waals surface area contributed by atoms with Crippen LogP contribution in [-0.2, 0) is 9.59 Å². The van der Waals surface area contributed by atoms with Gasteiger partial charge in [0.2, 0.25) is 5.91 Å². The third-order valence-corrected chi connectivity index (χ3v) is 2.52. The molecule has 0 atom stereocenters. The first kappa shape index (κ1) is 11.5. The minimum Gasteiger partial charge on any atom is -0.478 e. The molecular weight excluding hydrogens is 248 g/mol. The van der Waals surface area contributed by atoms with Crippen molar-refractivity contribution in [2.24, 2.45) is 0 Å². The maximum absolute atomic E-state index is 11.5. The summed E-state index contributed by atoms with van der Waals surface area (Å²) >= 11 is 5.66. The number of rotatable bonds is 2. The highest BCUT2D eigenvalue weighted by atomic mass is 35.5. The van der Waals surface area contributed by atoms with E-state index in [0.29, 0.717) is 0 Å². The van der Waals surface area contributed by atoms with Gasteiger partial charge in [0.05, 0.1) is 13.0 Å². The van der Waals surface area contributed by atoms with Gasteiger partial charge in [0.25, 0.3) is 0 Å². The fraction of sp³-hybridized carbons (Fsp3) is 0.200. The zero-order chi connectivity index (χ0) is 12.6. The second-order valence-corrected chi connectivity index (χ2v) is 3.89. The molecule has 0 unspecified atom stereocenters. The van der Waals surface area contributed by atoms with Crippen LogP contribution in [0.5, 0.6) is 0 Å². The predicted molar refractivity (Wildman–Crippen MR) is 58.2 cm³/mol. The Balaban J connectivity index is 2.50. The molecule has 1 aromatic heterocycles. The summed E-state index contributed by atoms with van der Waals surface area (Å²) in [6.07, 6.45) is -0.229. The van der Waals surface area contributed by atoms with Crippen molar-refractivity contribution in [1.82, 2.24) is 4.98 Å². The second-order valence-electron chi connectivity index (χ2n) is 3.51. The summed E-state index contributed by atoms with van der Waals surface area (Å²) < 4.78 is 0. The SMILES string of the molecule is O=C1CC(=O)N(c2nc(Cl)ccc2C(=O)O)C1. The lowest BCUT2D eigenvalue weighted by Gasteiger charge is -2.15. The number of nitrogens with zero attached hydrogens (tertiary/aromatic N) is 2. The number of aromatic carboxylic acids is 1. The van der Waals surface area contributed by atoms with E-state index >= 15 is 0 Å². The van der Waals surface area contributed by atoms with Crippen LogP contribution in [0.15, 0.2) is 12.1 Å². The zero-order valence-corrected chi connectivity index (χ0v) is 9.27. The number of amides is 1. The number of Topliss-reactive ketones (excluding diaryl/α,β-unsaturated/α-hetero) is 1. The minimum atomic E-state index is -1.23. The fourth-order valence-electron chi connectivity index (χ4n) is 1.58. The number of carboxylic acid groups (broad SMARTS) is 1. The summed E-state index contributed by atoms with van der Waals surface area (Å²) in [5.41, 5.74) is -0.155. The molecule has 0 aromatic carbocycles. The maximum Gasteiger partial charge on any atom is 0.339 e. The summed E-state index contributed by atoms with van der Waals surface area (Å²) in [5.74, 6) is -2.04. The Labute approximate surface area is 101 Å². The van der Waals surface area contributed by atoms with E-state index in [1.54, 1.807) is 0 Å². The Morgan fingerprint density at radius 2 is 2.12 bits per heavy atom. The predicted octanol–water partition coefficient (Wildman–Crippen LogP) is 0.739. The fourth-order valence-corrected chi connectivity index (χ4v) is 1.72. The van der Waals surface area contributed by atoms with Gasteiger partial charge in [-0.05, 0) is 12.1 Å². The topological polar surface area (TPSA) is 87.6 Å². The van der Waals surface area contributed by atoms with E-state index in [9.17, 15) is 14.4 Å². The van der Waals surface area contributed by atoms with Crippen molar-refractivity contribution in [3.8, 4) is 0 Å². The Morgan fingerprint density at radius 3 is 2.65 bits per heavy atom. The largest absolute Gasteiger partial charge is 0.478 e. The van der Waals surface area contributed by atoms with Gasteiger partial charge in [0.15, 0.2) is 11.6 Å². The van der Waals surface area contributed by atoms with E-state index in [-0.39, 0.29) is 35.3 Å². The Morgan fingerprint density at radius 1 is 1.41 bits per heavy atom. The molecule has 2 rings (SSSR count). The molecule has 1 amide bonds. The lowest BCUT2D eigenvalue weighted by Crippen LogP contribution is -2.27. The van der Waals surface area contributed by atoms with Crippen molar-refractivity contribution >= 4 is 35.1 Å². The van der Waals surface area contributed by atoms with Gasteiger partial charge in [-0.1, -0.05) is 11.6 Å². The number of carbonyl (C=O) groups is 3. The first-order chi connectivity index (χ1) is 7.99. The number of carbonyl (C=O) groups excluding carboxylic acids is 2. The molecule has 0 bridgehead atoms. The van der Waals surface area contributed by atoms with Gasteiger partial charge in [-0.15, -0.1) is 0 Å². The van der Waals surface area contributed by atoms with Crippen molar-refractivity contribution in [2.45, 2.75) is 6.42 Å². The number of hydrogen-bond acceptors (Lipinski definition) is 4. The van der Waals surface area contributed by atoms with Crippen LogP contribution in [-0.4, -0.2) is 34.3 Å². The van der Waals surface area contributed by atoms with E-state index in [1.807, 2.05) is 0 Å². The average Bonchev–Trinajstić information content (AvgIpc) is 2.57. The van der Waals surface area contributed by atoms with E-state index in [4.69, 9.17) is 16.7 Å². The van der Waals surface area contributed by atoms with E-state index < -0.39 is 11.9 Å². The molecule has 0 saturated carbocycles. The number of halogens is 1. The third-order valence-electron chi connectivity index (χ3n) is 2.31. The number of pyridine rings is 1. The lowest BCUT2D eigenvalue weighted by molar-refractivity contribution is -0.121. The number of aromatic nitrogens is 1. The highest BCUT2D eigenvalue weighted by molar-refractivity contribution is 6.29. The highest BCUT2D eigenvalue weighted by Crippen LogP contribution is 2.24. The van der Waals surface area contributed by atoms with Crippen LogP contribution in [0, 0.1) is 0 Å².